The number of nitrogens with one attached hydrogen (secondary N) is 1. The monoisotopic (exact) mass is 379 g/mol. The number of benzene rings is 2. The Balaban J connectivity index is 1.38. The minimum absolute atomic E-state index is 0.00452. The Bertz CT molecular complexity index is 1020. The van der Waals surface area contributed by atoms with Gasteiger partial charge in [-0.25, -0.2) is 0 Å². The van der Waals surface area contributed by atoms with E-state index in [0.717, 1.165) is 40.0 Å². The SMILES string of the molecule is Cc1cc2occ(CC(=O)NCCc3ccc4c(c3)OCO4)c2cc1C(C)C. The highest BCUT2D eigenvalue weighted by Crippen LogP contribution is 2.32. The molecule has 0 bridgehead atoms. The second-order valence-electron chi connectivity index (χ2n) is 7.58. The van der Waals surface area contributed by atoms with Crippen molar-refractivity contribution in [2.45, 2.75) is 39.5 Å². The summed E-state index contributed by atoms with van der Waals surface area (Å²) in [5.74, 6) is 1.97. The van der Waals surface area contributed by atoms with Gasteiger partial charge in [-0.3, -0.25) is 4.79 Å². The van der Waals surface area contributed by atoms with Gasteiger partial charge in [0.2, 0.25) is 12.7 Å². The predicted octanol–water partition coefficient (Wildman–Crippen LogP) is 4.49. The number of hydrogen-bond acceptors (Lipinski definition) is 4. The van der Waals surface area contributed by atoms with Crippen LogP contribution in [-0.4, -0.2) is 19.2 Å². The normalized spacial score (nSPS) is 12.7. The lowest BCUT2D eigenvalue weighted by molar-refractivity contribution is -0.120. The molecule has 2 heterocycles. The molecule has 1 amide bonds. The third-order valence-electron chi connectivity index (χ3n) is 5.19. The first kappa shape index (κ1) is 18.4. The van der Waals surface area contributed by atoms with Crippen LogP contribution < -0.4 is 14.8 Å². The van der Waals surface area contributed by atoms with Crippen LogP contribution in [0.3, 0.4) is 0 Å². The Morgan fingerprint density at radius 3 is 2.79 bits per heavy atom. The lowest BCUT2D eigenvalue weighted by atomic mass is 9.95. The molecule has 146 valence electrons. The Labute approximate surface area is 164 Å². The average Bonchev–Trinajstić information content (AvgIpc) is 3.27. The molecule has 4 rings (SSSR count). The summed E-state index contributed by atoms with van der Waals surface area (Å²) in [5.41, 5.74) is 5.38. The van der Waals surface area contributed by atoms with Crippen molar-refractivity contribution in [3.8, 4) is 11.5 Å². The number of carbonyl (C=O) groups excluding carboxylic acids is 1. The highest BCUT2D eigenvalue weighted by molar-refractivity contribution is 5.88. The summed E-state index contributed by atoms with van der Waals surface area (Å²) in [7, 11) is 0. The number of carbonyl (C=O) groups is 1. The van der Waals surface area contributed by atoms with E-state index < -0.39 is 0 Å². The molecule has 0 aliphatic carbocycles. The van der Waals surface area contributed by atoms with Crippen LogP contribution in [0.1, 0.15) is 42.0 Å². The molecule has 1 N–H and O–H groups in total. The maximum Gasteiger partial charge on any atom is 0.231 e. The van der Waals surface area contributed by atoms with Crippen molar-refractivity contribution in [3.05, 3.63) is 58.8 Å². The van der Waals surface area contributed by atoms with Gasteiger partial charge >= 0.3 is 0 Å². The summed E-state index contributed by atoms with van der Waals surface area (Å²) in [6.45, 7) is 7.30. The fourth-order valence-electron chi connectivity index (χ4n) is 3.68. The largest absolute Gasteiger partial charge is 0.464 e. The van der Waals surface area contributed by atoms with Crippen molar-refractivity contribution < 1.29 is 18.7 Å². The van der Waals surface area contributed by atoms with Gasteiger partial charge in [-0.15, -0.1) is 0 Å². The number of hydrogen-bond donors (Lipinski definition) is 1. The summed E-state index contributed by atoms with van der Waals surface area (Å²) < 4.78 is 16.4. The second kappa shape index (κ2) is 7.58. The highest BCUT2D eigenvalue weighted by Gasteiger charge is 2.15. The van der Waals surface area contributed by atoms with Crippen LogP contribution in [0.5, 0.6) is 11.5 Å². The summed E-state index contributed by atoms with van der Waals surface area (Å²) in [5, 5.41) is 4.03. The van der Waals surface area contributed by atoms with Gasteiger partial charge in [0.15, 0.2) is 11.5 Å². The van der Waals surface area contributed by atoms with Crippen molar-refractivity contribution >= 4 is 16.9 Å². The van der Waals surface area contributed by atoms with Crippen LogP contribution in [0.15, 0.2) is 41.0 Å². The molecule has 0 spiro atoms. The minimum Gasteiger partial charge on any atom is -0.464 e. The summed E-state index contributed by atoms with van der Waals surface area (Å²) in [6, 6.07) is 10.1. The number of ether oxygens (including phenoxy) is 2. The Kier molecular flexibility index (Phi) is 4.99. The number of fused-ring (bicyclic) bond motifs is 2. The number of furan rings is 1. The van der Waals surface area contributed by atoms with E-state index in [-0.39, 0.29) is 12.7 Å². The third-order valence-corrected chi connectivity index (χ3v) is 5.19. The fraction of sp³-hybridized carbons (Fsp3) is 0.348. The molecule has 28 heavy (non-hydrogen) atoms. The topological polar surface area (TPSA) is 60.7 Å². The van der Waals surface area contributed by atoms with E-state index in [2.05, 4.69) is 38.2 Å². The molecule has 1 aliphatic heterocycles. The highest BCUT2D eigenvalue weighted by atomic mass is 16.7. The van der Waals surface area contributed by atoms with Crippen molar-refractivity contribution in [1.29, 1.82) is 0 Å². The van der Waals surface area contributed by atoms with E-state index in [4.69, 9.17) is 13.9 Å². The van der Waals surface area contributed by atoms with Gasteiger partial charge in [0.1, 0.15) is 5.58 Å². The molecule has 1 aromatic heterocycles. The molecule has 0 fully saturated rings. The van der Waals surface area contributed by atoms with Crippen LogP contribution in [-0.2, 0) is 17.6 Å². The van der Waals surface area contributed by atoms with Crippen LogP contribution in [0.25, 0.3) is 11.0 Å². The zero-order valence-electron chi connectivity index (χ0n) is 16.5. The standard InChI is InChI=1S/C23H25NO4/c1-14(2)18-11-19-17(12-26-21(19)8-15(18)3)10-23(25)24-7-6-16-4-5-20-22(9-16)28-13-27-20/h4-5,8-9,11-12,14H,6-7,10,13H2,1-3H3,(H,24,25). The molecule has 0 radical (unpaired) electrons. The quantitative estimate of drug-likeness (QED) is 0.685. The first-order valence-electron chi connectivity index (χ1n) is 9.67. The van der Waals surface area contributed by atoms with E-state index in [9.17, 15) is 4.79 Å². The van der Waals surface area contributed by atoms with E-state index >= 15 is 0 Å². The number of aryl methyl sites for hydroxylation is 1. The number of amides is 1. The molecule has 3 aromatic rings. The smallest absolute Gasteiger partial charge is 0.231 e. The van der Waals surface area contributed by atoms with Gasteiger partial charge in [-0.2, -0.15) is 0 Å². The Hall–Kier alpha value is -2.95. The maximum atomic E-state index is 12.4. The fourth-order valence-corrected chi connectivity index (χ4v) is 3.68. The Morgan fingerprint density at radius 2 is 1.96 bits per heavy atom. The first-order valence-corrected chi connectivity index (χ1v) is 9.67. The number of rotatable bonds is 6. The molecular formula is C23H25NO4. The Morgan fingerprint density at radius 1 is 1.14 bits per heavy atom. The van der Waals surface area contributed by atoms with Crippen molar-refractivity contribution in [3.63, 3.8) is 0 Å². The van der Waals surface area contributed by atoms with Crippen LogP contribution in [0.2, 0.25) is 0 Å². The third kappa shape index (κ3) is 3.70. The van der Waals surface area contributed by atoms with Crippen molar-refractivity contribution in [1.82, 2.24) is 5.32 Å². The lowest BCUT2D eigenvalue weighted by Crippen LogP contribution is -2.27. The maximum absolute atomic E-state index is 12.4. The summed E-state index contributed by atoms with van der Waals surface area (Å²) in [4.78, 5) is 12.4. The average molecular weight is 379 g/mol. The van der Waals surface area contributed by atoms with Crippen LogP contribution in [0, 0.1) is 6.92 Å². The van der Waals surface area contributed by atoms with Gasteiger partial charge < -0.3 is 19.2 Å². The predicted molar refractivity (Wildman–Crippen MR) is 108 cm³/mol. The van der Waals surface area contributed by atoms with E-state index in [1.807, 2.05) is 18.2 Å². The molecule has 0 atom stereocenters. The van der Waals surface area contributed by atoms with Crippen molar-refractivity contribution in [2.24, 2.45) is 0 Å². The molecule has 0 unspecified atom stereocenters. The van der Waals surface area contributed by atoms with Crippen LogP contribution in [0.4, 0.5) is 0 Å². The summed E-state index contributed by atoms with van der Waals surface area (Å²) >= 11 is 0. The first-order chi connectivity index (χ1) is 13.5. The molecule has 1 aliphatic rings. The molecule has 5 heteroatoms. The van der Waals surface area contributed by atoms with Gasteiger partial charge in [0.05, 0.1) is 12.7 Å². The van der Waals surface area contributed by atoms with Crippen molar-refractivity contribution in [2.75, 3.05) is 13.3 Å². The molecular weight excluding hydrogens is 354 g/mol. The van der Waals surface area contributed by atoms with Gasteiger partial charge in [0, 0.05) is 17.5 Å². The van der Waals surface area contributed by atoms with E-state index in [1.54, 1.807) is 6.26 Å². The van der Waals surface area contributed by atoms with Gasteiger partial charge in [-0.1, -0.05) is 19.9 Å². The van der Waals surface area contributed by atoms with Gasteiger partial charge in [-0.05, 0) is 60.2 Å². The van der Waals surface area contributed by atoms with E-state index in [0.29, 0.717) is 18.9 Å². The summed E-state index contributed by atoms with van der Waals surface area (Å²) in [6.07, 6.45) is 2.76. The molecule has 0 saturated heterocycles. The van der Waals surface area contributed by atoms with Crippen LogP contribution >= 0.6 is 0 Å². The zero-order chi connectivity index (χ0) is 19.7. The molecule has 5 nitrogen and oxygen atoms in total. The lowest BCUT2D eigenvalue weighted by Gasteiger charge is -2.10. The zero-order valence-corrected chi connectivity index (χ0v) is 16.5. The molecule has 2 aromatic carbocycles. The van der Waals surface area contributed by atoms with E-state index in [1.165, 1.54) is 11.1 Å². The second-order valence-corrected chi connectivity index (χ2v) is 7.58. The molecule has 0 saturated carbocycles. The van der Waals surface area contributed by atoms with Gasteiger partial charge in [0.25, 0.3) is 0 Å². The minimum atomic E-state index is -0.00452.